The number of hydrogen-bond acceptors (Lipinski definition) is 4. The van der Waals surface area contributed by atoms with Crippen LogP contribution in [0, 0.1) is 35.4 Å². The second kappa shape index (κ2) is 8.86. The Labute approximate surface area is 189 Å². The van der Waals surface area contributed by atoms with Gasteiger partial charge in [0, 0.05) is 5.92 Å². The molecule has 0 amide bonds. The maximum Gasteiger partial charge on any atom is 0.343 e. The van der Waals surface area contributed by atoms with Gasteiger partial charge in [0.15, 0.2) is 11.6 Å². The van der Waals surface area contributed by atoms with E-state index in [2.05, 4.69) is 0 Å². The summed E-state index contributed by atoms with van der Waals surface area (Å²) in [4.78, 5) is 12.5. The van der Waals surface area contributed by atoms with Gasteiger partial charge in [-0.15, -0.1) is 0 Å². The first-order valence-corrected chi connectivity index (χ1v) is 11.8. The highest BCUT2D eigenvalue weighted by Crippen LogP contribution is 2.55. The average molecular weight is 439 g/mol. The molecule has 4 aliphatic rings. The first-order chi connectivity index (χ1) is 15.5. The molecule has 4 saturated carbocycles. The number of benzene rings is 2. The molecule has 4 bridgehead atoms. The van der Waals surface area contributed by atoms with Crippen molar-refractivity contribution < 1.29 is 23.4 Å². The summed E-state index contributed by atoms with van der Waals surface area (Å²) in [6.45, 7) is 4.04. The lowest BCUT2D eigenvalue weighted by atomic mass is 9.55. The topological polar surface area (TPSA) is 44.8 Å². The minimum Gasteiger partial charge on any atom is -0.462 e. The number of halogens is 1. The van der Waals surface area contributed by atoms with Gasteiger partial charge in [-0.2, -0.15) is 0 Å². The number of para-hydroxylation sites is 1. The van der Waals surface area contributed by atoms with E-state index in [1.165, 1.54) is 50.3 Å². The zero-order valence-corrected chi connectivity index (χ0v) is 18.7. The van der Waals surface area contributed by atoms with E-state index in [1.54, 1.807) is 24.3 Å². The Kier molecular flexibility index (Phi) is 5.93. The molecule has 0 spiro atoms. The zero-order valence-electron chi connectivity index (χ0n) is 18.7. The van der Waals surface area contributed by atoms with Crippen molar-refractivity contribution in [1.29, 1.82) is 0 Å². The lowest BCUT2D eigenvalue weighted by Crippen LogP contribution is -2.51. The van der Waals surface area contributed by atoms with E-state index in [1.807, 2.05) is 19.9 Å². The molecule has 4 nitrogen and oxygen atoms in total. The lowest BCUT2D eigenvalue weighted by molar-refractivity contribution is -0.211. The second-order valence-electron chi connectivity index (χ2n) is 10.1. The summed E-state index contributed by atoms with van der Waals surface area (Å²) in [6.07, 6.45) is 6.00. The van der Waals surface area contributed by atoms with Crippen molar-refractivity contribution in [1.82, 2.24) is 0 Å². The van der Waals surface area contributed by atoms with Crippen LogP contribution in [0.3, 0.4) is 0 Å². The van der Waals surface area contributed by atoms with E-state index in [0.29, 0.717) is 17.6 Å². The van der Waals surface area contributed by atoms with Crippen molar-refractivity contribution in [2.24, 2.45) is 29.6 Å². The fourth-order valence-corrected chi connectivity index (χ4v) is 6.07. The Morgan fingerprint density at radius 3 is 2.22 bits per heavy atom. The molecule has 5 heteroatoms. The monoisotopic (exact) mass is 438 g/mol. The molecule has 170 valence electrons. The third-order valence-corrected chi connectivity index (χ3v) is 7.34. The number of carbonyl (C=O) groups is 1. The van der Waals surface area contributed by atoms with Crippen LogP contribution in [0.4, 0.5) is 4.39 Å². The number of rotatable bonds is 7. The molecule has 0 radical (unpaired) electrons. The molecular weight excluding hydrogens is 407 g/mol. The summed E-state index contributed by atoms with van der Waals surface area (Å²) in [6, 6.07) is 12.9. The van der Waals surface area contributed by atoms with Gasteiger partial charge in [-0.25, -0.2) is 9.18 Å². The molecule has 1 atom stereocenters. The van der Waals surface area contributed by atoms with E-state index < -0.39 is 18.1 Å². The average Bonchev–Trinajstić information content (AvgIpc) is 2.76. The van der Waals surface area contributed by atoms with Gasteiger partial charge in [-0.1, -0.05) is 32.0 Å². The third kappa shape index (κ3) is 4.40. The van der Waals surface area contributed by atoms with Crippen molar-refractivity contribution in [3.05, 3.63) is 59.9 Å². The molecule has 0 aromatic heterocycles. The van der Waals surface area contributed by atoms with Gasteiger partial charge in [0.1, 0.15) is 5.75 Å². The smallest absolute Gasteiger partial charge is 0.343 e. The number of carbonyl (C=O) groups excluding carboxylic acids is 1. The first-order valence-electron chi connectivity index (χ1n) is 11.8. The minimum atomic E-state index is -0.563. The predicted octanol–water partition coefficient (Wildman–Crippen LogP) is 6.25. The van der Waals surface area contributed by atoms with Crippen LogP contribution in [0.1, 0.15) is 56.3 Å². The number of esters is 1. The summed E-state index contributed by atoms with van der Waals surface area (Å²) in [5.74, 6) is 2.35. The second-order valence-corrected chi connectivity index (χ2v) is 10.1. The maximum absolute atomic E-state index is 14.6. The van der Waals surface area contributed by atoms with Gasteiger partial charge in [0.25, 0.3) is 0 Å². The van der Waals surface area contributed by atoms with E-state index >= 15 is 0 Å². The summed E-state index contributed by atoms with van der Waals surface area (Å²) in [7, 11) is 0. The minimum absolute atomic E-state index is 0.0232. The molecule has 0 N–H and O–H groups in total. The third-order valence-electron chi connectivity index (χ3n) is 7.34. The van der Waals surface area contributed by atoms with Crippen LogP contribution in [-0.4, -0.2) is 18.4 Å². The number of ether oxygens (including phenoxy) is 3. The SMILES string of the molecule is CC(C)C(Oc1cc(C(=O)Oc2ccccc2)ccc1F)OC1C2CC3CC(C2)CC1C3. The Morgan fingerprint density at radius 1 is 0.938 bits per heavy atom. The van der Waals surface area contributed by atoms with Crippen LogP contribution in [0.2, 0.25) is 0 Å². The molecule has 0 aliphatic heterocycles. The fraction of sp³-hybridized carbons (Fsp3) is 0.519. The Hall–Kier alpha value is -2.40. The van der Waals surface area contributed by atoms with Crippen LogP contribution in [0.5, 0.6) is 11.5 Å². The van der Waals surface area contributed by atoms with Crippen LogP contribution in [-0.2, 0) is 4.74 Å². The van der Waals surface area contributed by atoms with Gasteiger partial charge >= 0.3 is 5.97 Å². The first kappa shape index (κ1) is 21.4. The highest BCUT2D eigenvalue weighted by atomic mass is 19.1. The highest BCUT2D eigenvalue weighted by Gasteiger charge is 2.49. The van der Waals surface area contributed by atoms with Crippen LogP contribution in [0.25, 0.3) is 0 Å². The van der Waals surface area contributed by atoms with E-state index in [-0.39, 0.29) is 23.3 Å². The molecule has 2 aromatic carbocycles. The largest absolute Gasteiger partial charge is 0.462 e. The van der Waals surface area contributed by atoms with Gasteiger partial charge in [0.2, 0.25) is 6.29 Å². The Bertz CT molecular complexity index is 929. The molecule has 1 unspecified atom stereocenters. The van der Waals surface area contributed by atoms with Gasteiger partial charge in [-0.05, 0) is 86.1 Å². The van der Waals surface area contributed by atoms with Crippen molar-refractivity contribution >= 4 is 5.97 Å². The molecule has 0 saturated heterocycles. The van der Waals surface area contributed by atoms with Gasteiger partial charge < -0.3 is 14.2 Å². The molecular formula is C27H31FO4. The van der Waals surface area contributed by atoms with Gasteiger partial charge in [-0.3, -0.25) is 0 Å². The fourth-order valence-electron chi connectivity index (χ4n) is 6.07. The van der Waals surface area contributed by atoms with Crippen molar-refractivity contribution in [2.75, 3.05) is 0 Å². The van der Waals surface area contributed by atoms with Crippen molar-refractivity contribution in [3.8, 4) is 11.5 Å². The molecule has 32 heavy (non-hydrogen) atoms. The summed E-state index contributed by atoms with van der Waals surface area (Å²) >= 11 is 0. The Balaban J connectivity index is 1.30. The molecule has 4 aliphatic carbocycles. The quantitative estimate of drug-likeness (QED) is 0.291. The van der Waals surface area contributed by atoms with Crippen molar-refractivity contribution in [2.45, 2.75) is 58.3 Å². The molecule has 0 heterocycles. The zero-order chi connectivity index (χ0) is 22.2. The number of hydrogen-bond donors (Lipinski definition) is 0. The maximum atomic E-state index is 14.6. The summed E-state index contributed by atoms with van der Waals surface area (Å²) in [5.41, 5.74) is 0.238. The Morgan fingerprint density at radius 2 is 1.59 bits per heavy atom. The highest BCUT2D eigenvalue weighted by molar-refractivity contribution is 5.91. The van der Waals surface area contributed by atoms with Crippen LogP contribution < -0.4 is 9.47 Å². The molecule has 2 aromatic rings. The predicted molar refractivity (Wildman–Crippen MR) is 119 cm³/mol. The normalized spacial score (nSPS) is 29.2. The van der Waals surface area contributed by atoms with Crippen LogP contribution >= 0.6 is 0 Å². The van der Waals surface area contributed by atoms with E-state index in [0.717, 1.165) is 11.8 Å². The molecule has 4 fully saturated rings. The summed E-state index contributed by atoms with van der Waals surface area (Å²) in [5, 5.41) is 0. The van der Waals surface area contributed by atoms with E-state index in [9.17, 15) is 9.18 Å². The van der Waals surface area contributed by atoms with E-state index in [4.69, 9.17) is 14.2 Å². The molecule has 6 rings (SSSR count). The summed E-state index contributed by atoms with van der Waals surface area (Å²) < 4.78 is 32.6. The lowest BCUT2D eigenvalue weighted by Gasteiger charge is -2.54. The van der Waals surface area contributed by atoms with Crippen molar-refractivity contribution in [3.63, 3.8) is 0 Å². The standard InChI is InChI=1S/C27H31FO4/c1-16(2)27(32-25-20-11-17-10-18(13-20)14-21(25)12-17)31-24-15-19(8-9-23(24)28)26(29)30-22-6-4-3-5-7-22/h3-9,15-18,20-21,25,27H,10-14H2,1-2H3. The van der Waals surface area contributed by atoms with Crippen LogP contribution in [0.15, 0.2) is 48.5 Å². The van der Waals surface area contributed by atoms with Gasteiger partial charge in [0.05, 0.1) is 11.7 Å².